The van der Waals surface area contributed by atoms with Gasteiger partial charge in [0, 0.05) is 10.1 Å². The van der Waals surface area contributed by atoms with Crippen LogP contribution >= 0.6 is 11.8 Å². The smallest absolute Gasteiger partial charge is 0.326 e. The highest BCUT2D eigenvalue weighted by molar-refractivity contribution is 8.00. The Kier molecular flexibility index (Phi) is 5.65. The van der Waals surface area contributed by atoms with E-state index >= 15 is 0 Å². The summed E-state index contributed by atoms with van der Waals surface area (Å²) < 4.78 is 18.2. The first-order valence-electron chi connectivity index (χ1n) is 7.38. The zero-order chi connectivity index (χ0) is 15.3. The topological polar surface area (TPSA) is 38.3 Å². The number of benzene rings is 1. The van der Waals surface area contributed by atoms with Crippen LogP contribution < -0.4 is 5.32 Å². The van der Waals surface area contributed by atoms with Gasteiger partial charge in [-0.1, -0.05) is 0 Å². The molecule has 2 rings (SSSR count). The minimum absolute atomic E-state index is 0.156. The maximum atomic E-state index is 13.0. The molecule has 0 radical (unpaired) electrons. The number of carbonyl (C=O) groups is 1. The molecule has 1 saturated carbocycles. The number of halogens is 1. The van der Waals surface area contributed by atoms with Crippen LogP contribution in [0.15, 0.2) is 29.2 Å². The molecule has 0 aliphatic heterocycles. The maximum Gasteiger partial charge on any atom is 0.326 e. The average molecular weight is 311 g/mol. The molecule has 1 N–H and O–H groups in total. The van der Waals surface area contributed by atoms with Crippen LogP contribution in [-0.4, -0.2) is 30.4 Å². The second-order valence-electron chi connectivity index (χ2n) is 5.34. The predicted molar refractivity (Wildman–Crippen MR) is 82.9 cm³/mol. The fourth-order valence-electron chi connectivity index (χ4n) is 2.81. The summed E-state index contributed by atoms with van der Waals surface area (Å²) in [6.45, 7) is 2.23. The summed E-state index contributed by atoms with van der Waals surface area (Å²) in [5, 5.41) is 3.51. The highest BCUT2D eigenvalue weighted by Gasteiger charge is 2.43. The molecule has 1 aliphatic rings. The van der Waals surface area contributed by atoms with Gasteiger partial charge in [-0.25, -0.2) is 4.39 Å². The first-order chi connectivity index (χ1) is 10.1. The number of carbonyl (C=O) groups excluding carboxylic acids is 1. The van der Waals surface area contributed by atoms with Gasteiger partial charge in [0.2, 0.25) is 0 Å². The standard InChI is InChI=1S/C16H22FNO2S/c1-3-20-15(19)16(18-2)10-4-5-14(11-16)21-13-8-6-12(17)7-9-13/h6-9,14,18H,3-5,10-11H2,1-2H3. The van der Waals surface area contributed by atoms with Crippen molar-refractivity contribution >= 4 is 17.7 Å². The van der Waals surface area contributed by atoms with E-state index in [0.29, 0.717) is 11.9 Å². The van der Waals surface area contributed by atoms with Crippen LogP contribution in [0, 0.1) is 5.82 Å². The van der Waals surface area contributed by atoms with Gasteiger partial charge in [0.05, 0.1) is 6.61 Å². The van der Waals surface area contributed by atoms with E-state index in [4.69, 9.17) is 4.74 Å². The summed E-state index contributed by atoms with van der Waals surface area (Å²) in [5.41, 5.74) is -0.577. The van der Waals surface area contributed by atoms with E-state index in [1.807, 2.05) is 14.0 Å². The Morgan fingerprint density at radius 2 is 2.19 bits per heavy atom. The van der Waals surface area contributed by atoms with Crippen LogP contribution in [0.1, 0.15) is 32.6 Å². The third-order valence-electron chi connectivity index (χ3n) is 3.97. The lowest BCUT2D eigenvalue weighted by atomic mass is 9.81. The molecule has 1 aromatic carbocycles. The summed E-state index contributed by atoms with van der Waals surface area (Å²) in [4.78, 5) is 13.3. The van der Waals surface area contributed by atoms with Gasteiger partial charge in [-0.3, -0.25) is 4.79 Å². The molecule has 1 aromatic rings. The molecule has 0 bridgehead atoms. The molecule has 0 spiro atoms. The van der Waals surface area contributed by atoms with Crippen molar-refractivity contribution in [2.45, 2.75) is 48.3 Å². The van der Waals surface area contributed by atoms with E-state index in [9.17, 15) is 9.18 Å². The number of rotatable bonds is 5. The Morgan fingerprint density at radius 1 is 1.48 bits per heavy atom. The predicted octanol–water partition coefficient (Wildman–Crippen LogP) is 3.38. The van der Waals surface area contributed by atoms with Crippen LogP contribution in [0.3, 0.4) is 0 Å². The van der Waals surface area contributed by atoms with Crippen molar-refractivity contribution in [3.8, 4) is 0 Å². The Hall–Kier alpha value is -1.07. The number of esters is 1. The fourth-order valence-corrected chi connectivity index (χ4v) is 4.14. The largest absolute Gasteiger partial charge is 0.465 e. The van der Waals surface area contributed by atoms with Crippen LogP contribution in [0.2, 0.25) is 0 Å². The number of ether oxygens (including phenoxy) is 1. The summed E-state index contributed by atoms with van der Waals surface area (Å²) in [6, 6.07) is 6.53. The molecule has 0 saturated heterocycles. The summed E-state index contributed by atoms with van der Waals surface area (Å²) in [7, 11) is 1.82. The minimum Gasteiger partial charge on any atom is -0.465 e. The van der Waals surface area contributed by atoms with Crippen LogP contribution in [-0.2, 0) is 9.53 Å². The van der Waals surface area contributed by atoms with E-state index in [1.54, 1.807) is 23.9 Å². The van der Waals surface area contributed by atoms with E-state index in [-0.39, 0.29) is 11.8 Å². The van der Waals surface area contributed by atoms with Crippen LogP contribution in [0.4, 0.5) is 4.39 Å². The van der Waals surface area contributed by atoms with Crippen molar-refractivity contribution in [1.29, 1.82) is 0 Å². The number of hydrogen-bond acceptors (Lipinski definition) is 4. The second kappa shape index (κ2) is 7.27. The SMILES string of the molecule is CCOC(=O)C1(NC)CCCC(Sc2ccc(F)cc2)C1. The molecule has 5 heteroatoms. The quantitative estimate of drug-likeness (QED) is 0.846. The molecule has 3 nitrogen and oxygen atoms in total. The number of thioether (sulfide) groups is 1. The monoisotopic (exact) mass is 311 g/mol. The van der Waals surface area contributed by atoms with Gasteiger partial charge in [-0.05, 0) is 63.9 Å². The minimum atomic E-state index is -0.577. The van der Waals surface area contributed by atoms with Crippen molar-refractivity contribution < 1.29 is 13.9 Å². The lowest BCUT2D eigenvalue weighted by Gasteiger charge is -2.38. The van der Waals surface area contributed by atoms with Gasteiger partial charge in [0.25, 0.3) is 0 Å². The molecule has 0 amide bonds. The van der Waals surface area contributed by atoms with Crippen LogP contribution in [0.25, 0.3) is 0 Å². The average Bonchev–Trinajstić information content (AvgIpc) is 2.50. The van der Waals surface area contributed by atoms with Gasteiger partial charge in [-0.2, -0.15) is 0 Å². The Balaban J connectivity index is 2.05. The number of hydrogen-bond donors (Lipinski definition) is 1. The Bertz CT molecular complexity index is 480. The van der Waals surface area contributed by atoms with E-state index in [0.717, 1.165) is 30.6 Å². The number of nitrogens with one attached hydrogen (secondary N) is 1. The zero-order valence-corrected chi connectivity index (χ0v) is 13.3. The van der Waals surface area contributed by atoms with Gasteiger partial charge in [0.15, 0.2) is 0 Å². The number of likely N-dealkylation sites (N-methyl/N-ethyl adjacent to an activating group) is 1. The van der Waals surface area contributed by atoms with Gasteiger partial charge in [-0.15, -0.1) is 11.8 Å². The molecular weight excluding hydrogens is 289 g/mol. The van der Waals surface area contributed by atoms with E-state index in [2.05, 4.69) is 5.32 Å². The first-order valence-corrected chi connectivity index (χ1v) is 8.26. The molecule has 116 valence electrons. The summed E-state index contributed by atoms with van der Waals surface area (Å²) in [5.74, 6) is -0.379. The molecule has 0 heterocycles. The molecule has 21 heavy (non-hydrogen) atoms. The molecule has 1 fully saturated rings. The molecule has 2 unspecified atom stereocenters. The third-order valence-corrected chi connectivity index (χ3v) is 5.25. The second-order valence-corrected chi connectivity index (χ2v) is 6.72. The van der Waals surface area contributed by atoms with Gasteiger partial charge >= 0.3 is 5.97 Å². The first kappa shape index (κ1) is 16.3. The van der Waals surface area contributed by atoms with Crippen molar-refractivity contribution in [2.75, 3.05) is 13.7 Å². The highest BCUT2D eigenvalue weighted by Crippen LogP contribution is 2.38. The van der Waals surface area contributed by atoms with Gasteiger partial charge in [0.1, 0.15) is 11.4 Å². The lowest BCUT2D eigenvalue weighted by molar-refractivity contribution is -0.152. The fraction of sp³-hybridized carbons (Fsp3) is 0.562. The van der Waals surface area contributed by atoms with E-state index < -0.39 is 5.54 Å². The van der Waals surface area contributed by atoms with Crippen molar-refractivity contribution in [3.63, 3.8) is 0 Å². The molecule has 2 atom stereocenters. The molecule has 1 aliphatic carbocycles. The summed E-state index contributed by atoms with van der Waals surface area (Å²) in [6.07, 6.45) is 3.59. The Morgan fingerprint density at radius 3 is 2.81 bits per heavy atom. The van der Waals surface area contributed by atoms with Gasteiger partial charge < -0.3 is 10.1 Å². The van der Waals surface area contributed by atoms with Crippen LogP contribution in [0.5, 0.6) is 0 Å². The highest BCUT2D eigenvalue weighted by atomic mass is 32.2. The third kappa shape index (κ3) is 3.98. The Labute approximate surface area is 129 Å². The maximum absolute atomic E-state index is 13.0. The molecule has 0 aromatic heterocycles. The van der Waals surface area contributed by atoms with E-state index in [1.165, 1.54) is 12.1 Å². The normalized spacial score (nSPS) is 25.6. The molecular formula is C16H22FNO2S. The van der Waals surface area contributed by atoms with Crippen molar-refractivity contribution in [3.05, 3.63) is 30.1 Å². The van der Waals surface area contributed by atoms with Crippen molar-refractivity contribution in [1.82, 2.24) is 5.32 Å². The zero-order valence-electron chi connectivity index (χ0n) is 12.5. The lowest BCUT2D eigenvalue weighted by Crippen LogP contribution is -2.54. The van der Waals surface area contributed by atoms with Crippen molar-refractivity contribution in [2.24, 2.45) is 0 Å². The summed E-state index contributed by atoms with van der Waals surface area (Å²) >= 11 is 1.71.